The number of esters is 1. The van der Waals surface area contributed by atoms with Gasteiger partial charge < -0.3 is 9.64 Å². The first-order valence-electron chi connectivity index (χ1n) is 9.61. The average molecular weight is 411 g/mol. The Kier molecular flexibility index (Phi) is 6.45. The predicted molar refractivity (Wildman–Crippen MR) is 109 cm³/mol. The van der Waals surface area contributed by atoms with E-state index in [2.05, 4.69) is 6.58 Å². The molecule has 0 aromatic heterocycles. The normalized spacial score (nSPS) is 16.6. The molecule has 0 aliphatic carbocycles. The number of hydrogen-bond donors (Lipinski definition) is 0. The summed E-state index contributed by atoms with van der Waals surface area (Å²) >= 11 is 0. The Labute approximate surface area is 174 Å². The highest BCUT2D eigenvalue weighted by Gasteiger charge is 2.36. The topological polar surface area (TPSA) is 46.6 Å². The largest absolute Gasteiger partial charge is 0.458 e. The fraction of sp³-hybridized carbons (Fsp3) is 0.250. The second-order valence-electron chi connectivity index (χ2n) is 7.28. The lowest BCUT2D eigenvalue weighted by atomic mass is 9.83. The zero-order chi connectivity index (χ0) is 21.8. The highest BCUT2D eigenvalue weighted by molar-refractivity contribution is 5.95. The van der Waals surface area contributed by atoms with Crippen molar-refractivity contribution in [3.05, 3.63) is 94.7 Å². The molecule has 3 rings (SSSR count). The van der Waals surface area contributed by atoms with E-state index in [1.807, 2.05) is 31.2 Å². The highest BCUT2D eigenvalue weighted by atomic mass is 19.2. The van der Waals surface area contributed by atoms with Gasteiger partial charge in [0, 0.05) is 18.0 Å². The van der Waals surface area contributed by atoms with Crippen molar-refractivity contribution in [2.24, 2.45) is 0 Å². The lowest BCUT2D eigenvalue weighted by Crippen LogP contribution is -2.38. The minimum absolute atomic E-state index is 0.0285. The fourth-order valence-corrected chi connectivity index (χ4v) is 3.58. The Morgan fingerprint density at radius 1 is 1.17 bits per heavy atom. The summed E-state index contributed by atoms with van der Waals surface area (Å²) < 4.78 is 32.1. The molecule has 0 unspecified atom stereocenters. The quantitative estimate of drug-likeness (QED) is 0.507. The Hall–Kier alpha value is -3.28. The smallest absolute Gasteiger partial charge is 0.336 e. The molecule has 0 spiro atoms. The first kappa shape index (κ1) is 21.4. The number of carbonyl (C=O) groups excluding carboxylic acids is 2. The predicted octanol–water partition coefficient (Wildman–Crippen LogP) is 4.79. The van der Waals surface area contributed by atoms with Crippen LogP contribution < -0.4 is 0 Å². The molecule has 0 bridgehead atoms. The molecule has 30 heavy (non-hydrogen) atoms. The maximum atomic E-state index is 13.6. The summed E-state index contributed by atoms with van der Waals surface area (Å²) in [6, 6.07) is 11.1. The summed E-state index contributed by atoms with van der Waals surface area (Å²) in [6.07, 6.45) is 1.55. The van der Waals surface area contributed by atoms with Gasteiger partial charge in [-0.15, -0.1) is 0 Å². The molecule has 0 radical (unpaired) electrons. The molecular formula is C24H23F2NO3. The van der Waals surface area contributed by atoms with Crippen molar-refractivity contribution in [3.8, 4) is 0 Å². The molecule has 4 nitrogen and oxygen atoms in total. The van der Waals surface area contributed by atoms with Crippen LogP contribution in [0, 0.1) is 18.6 Å². The third-order valence-electron chi connectivity index (χ3n) is 5.18. The summed E-state index contributed by atoms with van der Waals surface area (Å²) in [4.78, 5) is 27.2. The van der Waals surface area contributed by atoms with Gasteiger partial charge in [0.25, 0.3) is 0 Å². The van der Waals surface area contributed by atoms with Crippen LogP contribution in [0.15, 0.2) is 66.4 Å². The van der Waals surface area contributed by atoms with Gasteiger partial charge in [-0.2, -0.15) is 0 Å². The van der Waals surface area contributed by atoms with E-state index < -0.39 is 23.5 Å². The molecule has 6 heteroatoms. The van der Waals surface area contributed by atoms with Crippen molar-refractivity contribution in [2.45, 2.75) is 32.7 Å². The van der Waals surface area contributed by atoms with Gasteiger partial charge in [0.2, 0.25) is 5.91 Å². The van der Waals surface area contributed by atoms with Crippen LogP contribution in [0.1, 0.15) is 36.0 Å². The number of nitrogens with zero attached hydrogens (tertiary/aromatic N) is 1. The van der Waals surface area contributed by atoms with Gasteiger partial charge >= 0.3 is 5.97 Å². The lowest BCUT2D eigenvalue weighted by Gasteiger charge is -2.34. The molecular weight excluding hydrogens is 388 g/mol. The van der Waals surface area contributed by atoms with Crippen LogP contribution in [0.25, 0.3) is 0 Å². The van der Waals surface area contributed by atoms with Crippen molar-refractivity contribution in [3.63, 3.8) is 0 Å². The minimum atomic E-state index is -0.985. The number of amides is 1. The SMILES string of the molecule is C=CCOC(=O)C1=C(C)N(Cc2ccc(F)c(F)c2)C(=O)C[C@H]1c1ccc(C)cc1. The molecule has 0 saturated heterocycles. The number of rotatable bonds is 6. The Bertz CT molecular complexity index is 1010. The standard InChI is InChI=1S/C24H23F2NO3/c1-4-11-30-24(29)23-16(3)27(14-17-7-10-20(25)21(26)12-17)22(28)13-19(23)18-8-5-15(2)6-9-18/h4-10,12,19H,1,11,13-14H2,2-3H3/t19-/m0/s1. The third kappa shape index (κ3) is 4.48. The number of ether oxygens (including phenoxy) is 1. The summed E-state index contributed by atoms with van der Waals surface area (Å²) in [5.41, 5.74) is 3.15. The molecule has 0 fully saturated rings. The van der Waals surface area contributed by atoms with E-state index in [4.69, 9.17) is 4.74 Å². The van der Waals surface area contributed by atoms with Crippen molar-refractivity contribution >= 4 is 11.9 Å². The number of hydrogen-bond acceptors (Lipinski definition) is 3. The first-order chi connectivity index (χ1) is 14.3. The van der Waals surface area contributed by atoms with Gasteiger partial charge in [0.15, 0.2) is 11.6 Å². The molecule has 0 N–H and O–H groups in total. The van der Waals surface area contributed by atoms with Crippen LogP contribution in [-0.2, 0) is 20.9 Å². The number of carbonyl (C=O) groups is 2. The van der Waals surface area contributed by atoms with Gasteiger partial charge in [-0.1, -0.05) is 48.6 Å². The molecule has 0 saturated carbocycles. The Morgan fingerprint density at radius 2 is 1.87 bits per heavy atom. The van der Waals surface area contributed by atoms with Crippen molar-refractivity contribution < 1.29 is 23.1 Å². The minimum Gasteiger partial charge on any atom is -0.458 e. The molecule has 1 amide bonds. The molecule has 1 aliphatic rings. The fourth-order valence-electron chi connectivity index (χ4n) is 3.58. The first-order valence-corrected chi connectivity index (χ1v) is 9.61. The van der Waals surface area contributed by atoms with E-state index in [9.17, 15) is 18.4 Å². The van der Waals surface area contributed by atoms with E-state index in [0.29, 0.717) is 16.8 Å². The van der Waals surface area contributed by atoms with Crippen LogP contribution in [0.3, 0.4) is 0 Å². The summed E-state index contributed by atoms with van der Waals surface area (Å²) in [5.74, 6) is -3.12. The van der Waals surface area contributed by atoms with E-state index >= 15 is 0 Å². The summed E-state index contributed by atoms with van der Waals surface area (Å²) in [5, 5.41) is 0. The number of allylic oxidation sites excluding steroid dienone is 1. The molecule has 2 aromatic carbocycles. The Balaban J connectivity index is 2.01. The van der Waals surface area contributed by atoms with Gasteiger partial charge in [0.1, 0.15) is 6.61 Å². The number of benzene rings is 2. The maximum Gasteiger partial charge on any atom is 0.336 e. The molecule has 1 heterocycles. The molecule has 2 aromatic rings. The second-order valence-corrected chi connectivity index (χ2v) is 7.28. The Morgan fingerprint density at radius 3 is 2.50 bits per heavy atom. The van der Waals surface area contributed by atoms with E-state index in [-0.39, 0.29) is 25.5 Å². The molecule has 156 valence electrons. The third-order valence-corrected chi connectivity index (χ3v) is 5.18. The van der Waals surface area contributed by atoms with Crippen LogP contribution in [0.5, 0.6) is 0 Å². The zero-order valence-electron chi connectivity index (χ0n) is 17.0. The second kappa shape index (κ2) is 9.03. The van der Waals surface area contributed by atoms with Crippen molar-refractivity contribution in [1.29, 1.82) is 0 Å². The van der Waals surface area contributed by atoms with Gasteiger partial charge in [-0.05, 0) is 37.1 Å². The van der Waals surface area contributed by atoms with Crippen molar-refractivity contribution in [2.75, 3.05) is 6.61 Å². The van der Waals surface area contributed by atoms with Gasteiger partial charge in [0.05, 0.1) is 12.1 Å². The van der Waals surface area contributed by atoms with Crippen molar-refractivity contribution in [1.82, 2.24) is 4.90 Å². The average Bonchev–Trinajstić information content (AvgIpc) is 2.72. The van der Waals surface area contributed by atoms with Crippen LogP contribution in [0.4, 0.5) is 8.78 Å². The van der Waals surface area contributed by atoms with E-state index in [1.54, 1.807) is 6.92 Å². The highest BCUT2D eigenvalue weighted by Crippen LogP contribution is 2.37. The van der Waals surface area contributed by atoms with E-state index in [0.717, 1.165) is 23.3 Å². The van der Waals surface area contributed by atoms with Gasteiger partial charge in [-0.3, -0.25) is 4.79 Å². The number of aryl methyl sites for hydroxylation is 1. The maximum absolute atomic E-state index is 13.6. The van der Waals surface area contributed by atoms with Crippen LogP contribution in [-0.4, -0.2) is 23.4 Å². The monoisotopic (exact) mass is 411 g/mol. The summed E-state index contributed by atoms with van der Waals surface area (Å²) in [6.45, 7) is 7.26. The zero-order valence-corrected chi connectivity index (χ0v) is 17.0. The lowest BCUT2D eigenvalue weighted by molar-refractivity contribution is -0.139. The van der Waals surface area contributed by atoms with Gasteiger partial charge in [-0.25, -0.2) is 13.6 Å². The summed E-state index contributed by atoms with van der Waals surface area (Å²) in [7, 11) is 0. The van der Waals surface area contributed by atoms with E-state index in [1.165, 1.54) is 17.0 Å². The van der Waals surface area contributed by atoms with Crippen LogP contribution in [0.2, 0.25) is 0 Å². The molecule has 1 atom stereocenters. The molecule has 1 aliphatic heterocycles. The van der Waals surface area contributed by atoms with Crippen LogP contribution >= 0.6 is 0 Å². The number of halogens is 2.